The molecule has 0 saturated heterocycles. The van der Waals surface area contributed by atoms with Gasteiger partial charge in [0.05, 0.1) is 0 Å². The average molecular weight is 577 g/mol. The van der Waals surface area contributed by atoms with Gasteiger partial charge in [0.1, 0.15) is 10.0 Å². The lowest BCUT2D eigenvalue weighted by atomic mass is 10.1. The van der Waals surface area contributed by atoms with Gasteiger partial charge in [0, 0.05) is 32.5 Å². The summed E-state index contributed by atoms with van der Waals surface area (Å²) in [5.41, 5.74) is 7.06. The predicted octanol–water partition coefficient (Wildman–Crippen LogP) is 12.1. The van der Waals surface area contributed by atoms with Crippen LogP contribution in [-0.2, 0) is 0 Å². The molecule has 0 aliphatic carbocycles. The van der Waals surface area contributed by atoms with E-state index in [0.29, 0.717) is 0 Å². The van der Waals surface area contributed by atoms with Gasteiger partial charge in [-0.25, -0.2) is 0 Å². The second-order valence-corrected chi connectivity index (χ2v) is 12.0. The monoisotopic (exact) mass is 576 g/mol. The smallest absolute Gasteiger partial charge is 0.101 e. The maximum Gasteiger partial charge on any atom is 0.101 e. The fraction of sp³-hybridized carbons (Fsp3) is 0. The Morgan fingerprint density at radius 2 is 0.571 bits per heavy atom. The quantitative estimate of drug-likeness (QED) is 0.177. The second kappa shape index (κ2) is 11.9. The van der Waals surface area contributed by atoms with E-state index in [1.807, 2.05) is 22.7 Å². The summed E-state index contributed by atoms with van der Waals surface area (Å²) < 4.78 is 0. The number of nitrogens with zero attached hydrogens (tertiary/aromatic N) is 2. The fourth-order valence-corrected chi connectivity index (χ4v) is 7.23. The largest absolute Gasteiger partial charge is 0.302 e. The van der Waals surface area contributed by atoms with Crippen LogP contribution in [-0.4, -0.2) is 0 Å². The van der Waals surface area contributed by atoms with Crippen molar-refractivity contribution >= 4 is 55.4 Å². The lowest BCUT2D eigenvalue weighted by Gasteiger charge is -2.23. The van der Waals surface area contributed by atoms with Gasteiger partial charge in [0.15, 0.2) is 0 Å². The summed E-state index contributed by atoms with van der Waals surface area (Å²) in [5.74, 6) is 0. The van der Waals surface area contributed by atoms with Crippen LogP contribution < -0.4 is 9.80 Å². The first kappa shape index (κ1) is 26.0. The molecule has 0 bridgehead atoms. The lowest BCUT2D eigenvalue weighted by molar-refractivity contribution is 1.32. The summed E-state index contributed by atoms with van der Waals surface area (Å²) in [5, 5.41) is 2.38. The van der Waals surface area contributed by atoms with E-state index in [-0.39, 0.29) is 0 Å². The van der Waals surface area contributed by atoms with Crippen LogP contribution in [0.3, 0.4) is 0 Å². The van der Waals surface area contributed by atoms with Crippen LogP contribution in [0.15, 0.2) is 170 Å². The Labute approximate surface area is 255 Å². The van der Waals surface area contributed by atoms with Crippen molar-refractivity contribution < 1.29 is 0 Å². The zero-order valence-corrected chi connectivity index (χ0v) is 24.5. The van der Waals surface area contributed by atoms with E-state index < -0.39 is 0 Å². The van der Waals surface area contributed by atoms with Crippen LogP contribution >= 0.6 is 22.7 Å². The first-order valence-electron chi connectivity index (χ1n) is 13.9. The third-order valence-corrected chi connectivity index (χ3v) is 9.37. The summed E-state index contributed by atoms with van der Waals surface area (Å²) in [4.78, 5) is 7.14. The van der Waals surface area contributed by atoms with Crippen LogP contribution in [0.4, 0.5) is 32.8 Å². The molecular formula is C38H28N2S2. The molecule has 0 aliphatic rings. The topological polar surface area (TPSA) is 6.48 Å². The third-order valence-electron chi connectivity index (χ3n) is 7.14. The van der Waals surface area contributed by atoms with Gasteiger partial charge in [-0.3, -0.25) is 0 Å². The summed E-state index contributed by atoms with van der Waals surface area (Å²) in [7, 11) is 0. The highest BCUT2D eigenvalue weighted by atomic mass is 32.1. The molecule has 0 radical (unpaired) electrons. The third kappa shape index (κ3) is 5.38. The Hall–Kier alpha value is -4.90. The van der Waals surface area contributed by atoms with E-state index in [4.69, 9.17) is 0 Å². The van der Waals surface area contributed by atoms with E-state index in [1.165, 1.54) is 30.9 Å². The van der Waals surface area contributed by atoms with Crippen molar-refractivity contribution in [3.05, 3.63) is 170 Å². The number of thiophene rings is 2. The van der Waals surface area contributed by atoms with Crippen LogP contribution in [0.1, 0.15) is 0 Å². The Morgan fingerprint density at radius 3 is 0.857 bits per heavy atom. The van der Waals surface area contributed by atoms with Crippen molar-refractivity contribution in [2.45, 2.75) is 0 Å². The number of hydrogen-bond donors (Lipinski definition) is 0. The second-order valence-electron chi connectivity index (χ2n) is 9.87. The molecule has 0 spiro atoms. The molecule has 5 aromatic carbocycles. The normalized spacial score (nSPS) is 10.9. The molecule has 0 saturated carbocycles. The van der Waals surface area contributed by atoms with Crippen molar-refractivity contribution in [3.8, 4) is 20.9 Å². The Kier molecular flexibility index (Phi) is 7.38. The Bertz CT molecular complexity index is 1640. The Morgan fingerprint density at radius 1 is 0.286 bits per heavy atom. The number of benzene rings is 5. The van der Waals surface area contributed by atoms with Gasteiger partial charge in [0.2, 0.25) is 0 Å². The molecule has 7 rings (SSSR count). The molecule has 0 N–H and O–H groups in total. The van der Waals surface area contributed by atoms with E-state index >= 15 is 0 Å². The highest BCUT2D eigenvalue weighted by Crippen LogP contribution is 2.44. The molecule has 7 aromatic rings. The van der Waals surface area contributed by atoms with Crippen LogP contribution in [0.5, 0.6) is 0 Å². The molecule has 0 atom stereocenters. The number of hydrogen-bond acceptors (Lipinski definition) is 4. The first-order valence-corrected chi connectivity index (χ1v) is 15.6. The van der Waals surface area contributed by atoms with Gasteiger partial charge in [-0.05, 0) is 83.9 Å². The summed E-state index contributed by atoms with van der Waals surface area (Å²) in [6, 6.07) is 60.1. The molecular weight excluding hydrogens is 549 g/mol. The summed E-state index contributed by atoms with van der Waals surface area (Å²) >= 11 is 3.62. The van der Waals surface area contributed by atoms with Crippen LogP contribution in [0.2, 0.25) is 0 Å². The van der Waals surface area contributed by atoms with Gasteiger partial charge >= 0.3 is 0 Å². The Balaban J connectivity index is 1.17. The summed E-state index contributed by atoms with van der Waals surface area (Å²) in [6.45, 7) is 0. The molecule has 4 heteroatoms. The molecule has 2 aromatic heterocycles. The number of anilines is 6. The highest BCUT2D eigenvalue weighted by Gasteiger charge is 2.16. The predicted molar refractivity (Wildman–Crippen MR) is 182 cm³/mol. The molecule has 0 fully saturated rings. The molecule has 202 valence electrons. The van der Waals surface area contributed by atoms with Crippen molar-refractivity contribution in [2.24, 2.45) is 0 Å². The van der Waals surface area contributed by atoms with E-state index in [2.05, 4.69) is 180 Å². The standard InChI is InChI=1S/C38H28N2S2/c1-5-13-31(14-6-1)39(32-15-7-2-8-16-32)37-27-25-35(41-37)29-21-23-30(24-22-29)36-26-28-38(42-36)40(33-17-9-3-10-18-33)34-19-11-4-12-20-34/h1-28H. The lowest BCUT2D eigenvalue weighted by Crippen LogP contribution is -2.07. The minimum Gasteiger partial charge on any atom is -0.302 e. The van der Waals surface area contributed by atoms with E-state index in [9.17, 15) is 0 Å². The highest BCUT2D eigenvalue weighted by molar-refractivity contribution is 7.20. The zero-order valence-electron chi connectivity index (χ0n) is 22.9. The molecule has 0 amide bonds. The van der Waals surface area contributed by atoms with Crippen molar-refractivity contribution in [1.29, 1.82) is 0 Å². The SMILES string of the molecule is c1ccc(N(c2ccccc2)c2ccc(-c3ccc(-c4ccc(N(c5ccccc5)c5ccccc5)s4)cc3)s2)cc1. The van der Waals surface area contributed by atoms with Crippen molar-refractivity contribution in [1.82, 2.24) is 0 Å². The maximum absolute atomic E-state index is 2.32. The number of para-hydroxylation sites is 4. The van der Waals surface area contributed by atoms with Gasteiger partial charge in [-0.1, -0.05) is 97.1 Å². The van der Waals surface area contributed by atoms with Crippen LogP contribution in [0, 0.1) is 0 Å². The van der Waals surface area contributed by atoms with Crippen molar-refractivity contribution in [3.63, 3.8) is 0 Å². The van der Waals surface area contributed by atoms with Gasteiger partial charge in [0.25, 0.3) is 0 Å². The zero-order chi connectivity index (χ0) is 28.1. The van der Waals surface area contributed by atoms with Gasteiger partial charge in [-0.2, -0.15) is 0 Å². The maximum atomic E-state index is 2.32. The molecule has 42 heavy (non-hydrogen) atoms. The minimum atomic E-state index is 1.15. The summed E-state index contributed by atoms with van der Waals surface area (Å²) in [6.07, 6.45) is 0. The number of rotatable bonds is 8. The molecule has 2 heterocycles. The van der Waals surface area contributed by atoms with Gasteiger partial charge < -0.3 is 9.80 Å². The molecule has 0 unspecified atom stereocenters. The molecule has 2 nitrogen and oxygen atoms in total. The van der Waals surface area contributed by atoms with Crippen molar-refractivity contribution in [2.75, 3.05) is 9.80 Å². The van der Waals surface area contributed by atoms with E-state index in [1.54, 1.807) is 0 Å². The molecule has 0 aliphatic heterocycles. The minimum absolute atomic E-state index is 1.15. The fourth-order valence-electron chi connectivity index (χ4n) is 5.12. The average Bonchev–Trinajstić information content (AvgIpc) is 3.75. The van der Waals surface area contributed by atoms with Crippen LogP contribution in [0.25, 0.3) is 20.9 Å². The van der Waals surface area contributed by atoms with Gasteiger partial charge in [-0.15, -0.1) is 22.7 Å². The van der Waals surface area contributed by atoms with E-state index in [0.717, 1.165) is 22.7 Å². The first-order chi connectivity index (χ1) is 20.8.